The van der Waals surface area contributed by atoms with Gasteiger partial charge in [-0.2, -0.15) is 0 Å². The van der Waals surface area contributed by atoms with Crippen molar-refractivity contribution in [3.63, 3.8) is 0 Å². The lowest BCUT2D eigenvalue weighted by Crippen LogP contribution is -2.36. The summed E-state index contributed by atoms with van der Waals surface area (Å²) in [7, 11) is 0. The van der Waals surface area contributed by atoms with Gasteiger partial charge in [-0.25, -0.2) is 0 Å². The van der Waals surface area contributed by atoms with Gasteiger partial charge >= 0.3 is 17.9 Å². The highest BCUT2D eigenvalue weighted by Gasteiger charge is 2.26. The van der Waals surface area contributed by atoms with Crippen LogP contribution in [-0.2, 0) is 43.0 Å². The van der Waals surface area contributed by atoms with Crippen molar-refractivity contribution in [1.29, 1.82) is 0 Å². The van der Waals surface area contributed by atoms with Crippen molar-refractivity contribution in [3.05, 3.63) is 0 Å². The van der Waals surface area contributed by atoms with Crippen molar-refractivity contribution >= 4 is 35.6 Å². The van der Waals surface area contributed by atoms with Crippen LogP contribution >= 0.6 is 0 Å². The van der Waals surface area contributed by atoms with Gasteiger partial charge in [0.25, 0.3) is 0 Å². The minimum absolute atomic E-state index is 0.113. The molecule has 3 amide bonds. The van der Waals surface area contributed by atoms with Gasteiger partial charge in [-0.05, 0) is 38.5 Å². The zero-order valence-electron chi connectivity index (χ0n) is 32.2. The van der Waals surface area contributed by atoms with Crippen LogP contribution < -0.4 is 16.0 Å². The van der Waals surface area contributed by atoms with E-state index in [4.69, 9.17) is 29.5 Å². The number of carboxylic acids is 3. The maximum absolute atomic E-state index is 12.3. The van der Waals surface area contributed by atoms with E-state index in [1.165, 1.54) is 0 Å². The van der Waals surface area contributed by atoms with E-state index in [1.807, 2.05) is 6.92 Å². The average molecular weight is 760 g/mol. The Morgan fingerprint density at radius 1 is 0.396 bits per heavy atom. The highest BCUT2D eigenvalue weighted by atomic mass is 16.5. The summed E-state index contributed by atoms with van der Waals surface area (Å²) in [5.41, 5.74) is -0.592. The molecule has 0 bridgehead atoms. The molecule has 0 saturated carbocycles. The Hall–Kier alpha value is -3.30. The number of nitrogens with one attached hydrogen (secondary N) is 3. The van der Waals surface area contributed by atoms with Crippen molar-refractivity contribution in [2.45, 2.75) is 142 Å². The van der Waals surface area contributed by atoms with E-state index in [0.717, 1.165) is 77.0 Å². The molecule has 0 aliphatic heterocycles. The van der Waals surface area contributed by atoms with E-state index in [2.05, 4.69) is 16.0 Å². The monoisotopic (exact) mass is 759 g/mol. The molecule has 0 radical (unpaired) electrons. The molecule has 0 spiro atoms. The van der Waals surface area contributed by atoms with Crippen LogP contribution in [0.3, 0.4) is 0 Å². The largest absolute Gasteiger partial charge is 0.481 e. The van der Waals surface area contributed by atoms with Gasteiger partial charge in [0.05, 0.1) is 39.6 Å². The molecule has 0 aliphatic rings. The maximum atomic E-state index is 12.3. The summed E-state index contributed by atoms with van der Waals surface area (Å²) in [5.74, 6) is -2.67. The Labute approximate surface area is 316 Å². The van der Waals surface area contributed by atoms with E-state index in [9.17, 15) is 28.8 Å². The minimum Gasteiger partial charge on any atom is -0.481 e. The van der Waals surface area contributed by atoms with Gasteiger partial charge in [0, 0.05) is 63.6 Å². The lowest BCUT2D eigenvalue weighted by Gasteiger charge is -2.29. The summed E-state index contributed by atoms with van der Waals surface area (Å²) in [6.07, 6.45) is 13.8. The molecular weight excluding hydrogens is 690 g/mol. The molecule has 308 valence electrons. The van der Waals surface area contributed by atoms with E-state index < -0.39 is 23.3 Å². The number of aliphatic carboxylic acids is 3. The smallest absolute Gasteiger partial charge is 0.303 e. The SMILES string of the molecule is CC(COCCC(=O)NCCCCCCCC(=O)O)(COCCC(=O)NCCCCCCCC(=O)O)COCCC(=O)NCCCCCCCC(=O)O. The molecule has 15 nitrogen and oxygen atoms in total. The van der Waals surface area contributed by atoms with Crippen molar-refractivity contribution in [2.75, 3.05) is 59.3 Å². The first kappa shape index (κ1) is 49.7. The third-order valence-corrected chi connectivity index (χ3v) is 8.44. The summed E-state index contributed by atoms with van der Waals surface area (Å²) < 4.78 is 17.6. The van der Waals surface area contributed by atoms with Crippen molar-refractivity contribution < 1.29 is 58.3 Å². The number of hydrogen-bond acceptors (Lipinski definition) is 9. The van der Waals surface area contributed by atoms with Crippen LogP contribution in [0.25, 0.3) is 0 Å². The molecular formula is C38H69N3O12. The second-order valence-corrected chi connectivity index (χ2v) is 14.0. The summed E-state index contributed by atoms with van der Waals surface area (Å²) >= 11 is 0. The molecule has 0 atom stereocenters. The molecule has 0 rings (SSSR count). The number of unbranched alkanes of at least 4 members (excludes halogenated alkanes) is 12. The first-order valence-corrected chi connectivity index (χ1v) is 19.6. The second-order valence-electron chi connectivity index (χ2n) is 14.0. The van der Waals surface area contributed by atoms with Crippen molar-refractivity contribution in [1.82, 2.24) is 16.0 Å². The number of amides is 3. The molecule has 0 aliphatic carbocycles. The number of carboxylic acid groups (broad SMARTS) is 3. The Morgan fingerprint density at radius 2 is 0.642 bits per heavy atom. The molecule has 6 N–H and O–H groups in total. The van der Waals surface area contributed by atoms with Crippen LogP contribution in [0, 0.1) is 5.41 Å². The van der Waals surface area contributed by atoms with E-state index >= 15 is 0 Å². The lowest BCUT2D eigenvalue weighted by molar-refractivity contribution is -0.138. The van der Waals surface area contributed by atoms with Gasteiger partial charge in [-0.3, -0.25) is 28.8 Å². The summed E-state index contributed by atoms with van der Waals surface area (Å²) in [6.45, 7) is 4.96. The van der Waals surface area contributed by atoms with Gasteiger partial charge in [-0.15, -0.1) is 0 Å². The quantitative estimate of drug-likeness (QED) is 0.0463. The molecule has 0 heterocycles. The Bertz CT molecular complexity index is 889. The van der Waals surface area contributed by atoms with E-state index in [1.54, 1.807) is 0 Å². The molecule has 0 fully saturated rings. The lowest BCUT2D eigenvalue weighted by atomic mass is 9.94. The average Bonchev–Trinajstić information content (AvgIpc) is 3.10. The van der Waals surface area contributed by atoms with Crippen molar-refractivity contribution in [3.8, 4) is 0 Å². The van der Waals surface area contributed by atoms with Gasteiger partial charge in [-0.1, -0.05) is 64.7 Å². The molecule has 15 heteroatoms. The fourth-order valence-corrected chi connectivity index (χ4v) is 5.32. The second kappa shape index (κ2) is 34.5. The highest BCUT2D eigenvalue weighted by Crippen LogP contribution is 2.19. The Kier molecular flexibility index (Phi) is 32.3. The van der Waals surface area contributed by atoms with Crippen molar-refractivity contribution in [2.24, 2.45) is 5.41 Å². The third-order valence-electron chi connectivity index (χ3n) is 8.44. The highest BCUT2D eigenvalue weighted by molar-refractivity contribution is 5.76. The predicted octanol–water partition coefficient (Wildman–Crippen LogP) is 4.84. The van der Waals surface area contributed by atoms with Gasteiger partial charge in [0.1, 0.15) is 0 Å². The fourth-order valence-electron chi connectivity index (χ4n) is 5.32. The number of hydrogen-bond donors (Lipinski definition) is 6. The minimum atomic E-state index is -0.778. The molecule has 0 saturated heterocycles. The predicted molar refractivity (Wildman–Crippen MR) is 199 cm³/mol. The zero-order chi connectivity index (χ0) is 39.4. The molecule has 0 aromatic heterocycles. The summed E-state index contributed by atoms with van der Waals surface area (Å²) in [6, 6.07) is 0. The van der Waals surface area contributed by atoms with E-state index in [0.29, 0.717) is 38.9 Å². The van der Waals surface area contributed by atoms with Gasteiger partial charge in [0.2, 0.25) is 17.7 Å². The normalized spacial score (nSPS) is 11.3. The van der Waals surface area contributed by atoms with Crippen LogP contribution in [0.15, 0.2) is 0 Å². The van der Waals surface area contributed by atoms with Crippen LogP contribution in [0.4, 0.5) is 0 Å². The Balaban J connectivity index is 4.45. The number of ether oxygens (including phenoxy) is 3. The van der Waals surface area contributed by atoms with Crippen LogP contribution in [0.5, 0.6) is 0 Å². The third kappa shape index (κ3) is 36.8. The number of carbonyl (C=O) groups is 6. The van der Waals surface area contributed by atoms with E-state index in [-0.39, 0.29) is 95.9 Å². The standard InChI is InChI=1S/C38H69N3O12/c1-38(29-51-26-20-32(42)39-23-14-8-2-5-11-17-35(45)46,30-52-27-21-33(43)40-24-15-9-3-6-12-18-36(47)48)31-53-28-22-34(44)41-25-16-10-4-7-13-19-37(49)50/h2-31H2,1H3,(H,39,42)(H,40,43)(H,41,44)(H,45,46)(H,47,48)(H,49,50). The van der Waals surface area contributed by atoms with Gasteiger partial charge < -0.3 is 45.5 Å². The van der Waals surface area contributed by atoms with Crippen LogP contribution in [0.1, 0.15) is 142 Å². The maximum Gasteiger partial charge on any atom is 0.303 e. The summed E-state index contributed by atoms with van der Waals surface area (Å²) in [4.78, 5) is 68.5. The fraction of sp³-hybridized carbons (Fsp3) is 0.842. The molecule has 0 aromatic carbocycles. The first-order valence-electron chi connectivity index (χ1n) is 19.6. The molecule has 0 aromatic rings. The van der Waals surface area contributed by atoms with Gasteiger partial charge in [0.15, 0.2) is 0 Å². The number of rotatable bonds is 39. The Morgan fingerprint density at radius 3 is 0.906 bits per heavy atom. The van der Waals surface area contributed by atoms with Crippen LogP contribution in [-0.4, -0.2) is 110 Å². The molecule has 0 unspecified atom stereocenters. The molecule has 53 heavy (non-hydrogen) atoms. The van der Waals surface area contributed by atoms with Crippen LogP contribution in [0.2, 0.25) is 0 Å². The zero-order valence-corrected chi connectivity index (χ0v) is 32.2. The number of carbonyl (C=O) groups excluding carboxylic acids is 3. The topological polar surface area (TPSA) is 227 Å². The first-order chi connectivity index (χ1) is 25.4. The summed E-state index contributed by atoms with van der Waals surface area (Å²) in [5, 5.41) is 34.7.